The van der Waals surface area contributed by atoms with Gasteiger partial charge in [0.05, 0.1) is 11.2 Å². The van der Waals surface area contributed by atoms with E-state index < -0.39 is 30.9 Å². The highest BCUT2D eigenvalue weighted by Crippen LogP contribution is 2.14. The zero-order valence-electron chi connectivity index (χ0n) is 8.91. The Kier molecular flexibility index (Phi) is 4.16. The molecule has 0 bridgehead atoms. The molecule has 0 aromatic carbocycles. The van der Waals surface area contributed by atoms with Gasteiger partial charge in [0.15, 0.2) is 0 Å². The van der Waals surface area contributed by atoms with Gasteiger partial charge in [-0.2, -0.15) is 0 Å². The molecule has 92 valence electrons. The second-order valence-electron chi connectivity index (χ2n) is 3.19. The quantitative estimate of drug-likeness (QED) is 0.773. The highest BCUT2D eigenvalue weighted by molar-refractivity contribution is 7.13. The second-order valence-corrected chi connectivity index (χ2v) is 4.43. The molecule has 1 heterocycles. The molecule has 0 aliphatic heterocycles. The predicted octanol–water partition coefficient (Wildman–Crippen LogP) is 0.0629. The van der Waals surface area contributed by atoms with E-state index in [-0.39, 0.29) is 4.88 Å². The van der Waals surface area contributed by atoms with Gasteiger partial charge in [-0.3, -0.25) is 14.4 Å². The van der Waals surface area contributed by atoms with E-state index in [0.29, 0.717) is 5.01 Å². The van der Waals surface area contributed by atoms with Crippen molar-refractivity contribution in [2.24, 2.45) is 0 Å². The first-order valence-electron chi connectivity index (χ1n) is 4.55. The van der Waals surface area contributed by atoms with E-state index in [2.05, 4.69) is 4.98 Å². The van der Waals surface area contributed by atoms with E-state index in [1.807, 2.05) is 0 Å². The van der Waals surface area contributed by atoms with Gasteiger partial charge in [-0.05, 0) is 6.92 Å². The Morgan fingerprint density at radius 3 is 2.18 bits per heavy atom. The number of hydrogen-bond acceptors (Lipinski definition) is 5. The van der Waals surface area contributed by atoms with Crippen molar-refractivity contribution in [2.75, 3.05) is 13.1 Å². The highest BCUT2D eigenvalue weighted by atomic mass is 32.1. The number of aryl methyl sites for hydroxylation is 1. The Morgan fingerprint density at radius 1 is 1.29 bits per heavy atom. The normalized spacial score (nSPS) is 9.94. The first kappa shape index (κ1) is 13.1. The molecule has 1 rings (SSSR count). The lowest BCUT2D eigenvalue weighted by atomic mass is 10.4. The predicted molar refractivity (Wildman–Crippen MR) is 58.0 cm³/mol. The number of rotatable bonds is 5. The third kappa shape index (κ3) is 3.83. The minimum absolute atomic E-state index is 0.227. The monoisotopic (exact) mass is 258 g/mol. The van der Waals surface area contributed by atoms with Gasteiger partial charge in [-0.25, -0.2) is 4.98 Å². The fraction of sp³-hybridized carbons (Fsp3) is 0.333. The van der Waals surface area contributed by atoms with Crippen LogP contribution in [-0.2, 0) is 9.59 Å². The Balaban J connectivity index is 2.85. The van der Waals surface area contributed by atoms with E-state index in [4.69, 9.17) is 10.2 Å². The molecule has 0 radical (unpaired) electrons. The number of thiazole rings is 1. The third-order valence-electron chi connectivity index (χ3n) is 1.77. The van der Waals surface area contributed by atoms with E-state index in [1.165, 1.54) is 6.20 Å². The van der Waals surface area contributed by atoms with Crippen LogP contribution in [0.4, 0.5) is 0 Å². The van der Waals surface area contributed by atoms with Crippen molar-refractivity contribution in [2.45, 2.75) is 6.92 Å². The van der Waals surface area contributed by atoms with Gasteiger partial charge in [0.2, 0.25) is 0 Å². The smallest absolute Gasteiger partial charge is 0.323 e. The number of carbonyl (C=O) groups excluding carboxylic acids is 1. The van der Waals surface area contributed by atoms with E-state index in [1.54, 1.807) is 6.92 Å². The van der Waals surface area contributed by atoms with Crippen molar-refractivity contribution in [1.29, 1.82) is 0 Å². The summed E-state index contributed by atoms with van der Waals surface area (Å²) in [5.74, 6) is -3.16. The summed E-state index contributed by atoms with van der Waals surface area (Å²) < 4.78 is 0. The Bertz CT molecular complexity index is 440. The van der Waals surface area contributed by atoms with Crippen molar-refractivity contribution >= 4 is 29.2 Å². The van der Waals surface area contributed by atoms with Gasteiger partial charge in [-0.15, -0.1) is 11.3 Å². The van der Waals surface area contributed by atoms with Crippen LogP contribution in [0.15, 0.2) is 6.20 Å². The fourth-order valence-corrected chi connectivity index (χ4v) is 1.89. The van der Waals surface area contributed by atoms with Crippen molar-refractivity contribution in [3.63, 3.8) is 0 Å². The molecule has 0 aliphatic carbocycles. The summed E-state index contributed by atoms with van der Waals surface area (Å²) in [5, 5.41) is 17.8. The zero-order chi connectivity index (χ0) is 13.0. The van der Waals surface area contributed by atoms with Crippen molar-refractivity contribution in [3.05, 3.63) is 16.1 Å². The van der Waals surface area contributed by atoms with Crippen LogP contribution in [0.1, 0.15) is 14.7 Å². The minimum atomic E-state index is -1.26. The van der Waals surface area contributed by atoms with Gasteiger partial charge < -0.3 is 15.1 Å². The van der Waals surface area contributed by atoms with Gasteiger partial charge >= 0.3 is 11.9 Å². The van der Waals surface area contributed by atoms with Crippen LogP contribution < -0.4 is 0 Å². The summed E-state index contributed by atoms with van der Waals surface area (Å²) in [6, 6.07) is 0. The van der Waals surface area contributed by atoms with Crippen molar-refractivity contribution in [1.82, 2.24) is 9.88 Å². The number of carboxylic acids is 2. The zero-order valence-corrected chi connectivity index (χ0v) is 9.73. The number of carbonyl (C=O) groups is 3. The molecule has 0 aliphatic rings. The van der Waals surface area contributed by atoms with Crippen LogP contribution in [0.3, 0.4) is 0 Å². The van der Waals surface area contributed by atoms with Gasteiger partial charge in [-0.1, -0.05) is 0 Å². The largest absolute Gasteiger partial charge is 0.480 e. The molecule has 0 spiro atoms. The van der Waals surface area contributed by atoms with Crippen molar-refractivity contribution < 1.29 is 24.6 Å². The van der Waals surface area contributed by atoms with Gasteiger partial charge in [0.25, 0.3) is 5.91 Å². The average Bonchev–Trinajstić information content (AvgIpc) is 2.61. The van der Waals surface area contributed by atoms with E-state index >= 15 is 0 Å². The molecule has 0 atom stereocenters. The molecule has 8 heteroatoms. The maximum absolute atomic E-state index is 11.8. The Morgan fingerprint density at radius 2 is 1.82 bits per heavy atom. The summed E-state index contributed by atoms with van der Waals surface area (Å²) in [7, 11) is 0. The first-order chi connectivity index (χ1) is 7.90. The molecule has 1 aromatic heterocycles. The topological polar surface area (TPSA) is 108 Å². The number of nitrogens with zero attached hydrogens (tertiary/aromatic N) is 2. The molecule has 1 aromatic rings. The number of aromatic nitrogens is 1. The standard InChI is InChI=1S/C9H10N2O5S/c1-5-10-2-6(17-5)9(16)11(3-7(12)13)4-8(14)15/h2H,3-4H2,1H3,(H,12,13)(H,14,15). The molecule has 17 heavy (non-hydrogen) atoms. The highest BCUT2D eigenvalue weighted by Gasteiger charge is 2.22. The van der Waals surface area contributed by atoms with Crippen LogP contribution in [0.25, 0.3) is 0 Å². The van der Waals surface area contributed by atoms with Gasteiger partial charge in [0, 0.05) is 0 Å². The number of aliphatic carboxylic acids is 2. The molecule has 7 nitrogen and oxygen atoms in total. The Hall–Kier alpha value is -1.96. The van der Waals surface area contributed by atoms with Crippen LogP contribution in [0, 0.1) is 6.92 Å². The first-order valence-corrected chi connectivity index (χ1v) is 5.37. The molecular weight excluding hydrogens is 248 g/mol. The van der Waals surface area contributed by atoms with E-state index in [0.717, 1.165) is 16.2 Å². The summed E-state index contributed by atoms with van der Waals surface area (Å²) >= 11 is 1.09. The summed E-state index contributed by atoms with van der Waals surface area (Å²) in [5.41, 5.74) is 0. The third-order valence-corrected chi connectivity index (χ3v) is 2.67. The second kappa shape index (κ2) is 5.39. The molecule has 0 saturated carbocycles. The number of amides is 1. The molecule has 1 amide bonds. The lowest BCUT2D eigenvalue weighted by molar-refractivity contribution is -0.140. The van der Waals surface area contributed by atoms with E-state index in [9.17, 15) is 14.4 Å². The lowest BCUT2D eigenvalue weighted by Gasteiger charge is -2.16. The van der Waals surface area contributed by atoms with Crippen LogP contribution in [0.2, 0.25) is 0 Å². The average molecular weight is 258 g/mol. The lowest BCUT2D eigenvalue weighted by Crippen LogP contribution is -2.39. The number of hydrogen-bond donors (Lipinski definition) is 2. The molecule has 0 fully saturated rings. The maximum Gasteiger partial charge on any atom is 0.323 e. The maximum atomic E-state index is 11.8. The van der Waals surface area contributed by atoms with Crippen LogP contribution >= 0.6 is 11.3 Å². The molecule has 0 saturated heterocycles. The summed E-state index contributed by atoms with van der Waals surface area (Å²) in [6.45, 7) is 0.393. The Labute approximate surface area is 100 Å². The summed E-state index contributed by atoms with van der Waals surface area (Å²) in [6.07, 6.45) is 1.30. The molecule has 2 N–H and O–H groups in total. The number of carboxylic acid groups (broad SMARTS) is 2. The van der Waals surface area contributed by atoms with Crippen LogP contribution in [-0.4, -0.2) is 51.0 Å². The van der Waals surface area contributed by atoms with Gasteiger partial charge in [0.1, 0.15) is 18.0 Å². The SMILES string of the molecule is Cc1ncc(C(=O)N(CC(=O)O)CC(=O)O)s1. The van der Waals surface area contributed by atoms with Crippen LogP contribution in [0.5, 0.6) is 0 Å². The van der Waals surface area contributed by atoms with Crippen molar-refractivity contribution in [3.8, 4) is 0 Å². The molecule has 0 unspecified atom stereocenters. The molecular formula is C9H10N2O5S. The minimum Gasteiger partial charge on any atom is -0.480 e. The fourth-order valence-electron chi connectivity index (χ4n) is 1.14. The summed E-state index contributed by atoms with van der Waals surface area (Å²) in [4.78, 5) is 37.7.